The third-order valence-electron chi connectivity index (χ3n) is 5.58. The summed E-state index contributed by atoms with van der Waals surface area (Å²) in [4.78, 5) is 14.9. The van der Waals surface area contributed by atoms with Crippen molar-refractivity contribution in [3.8, 4) is 5.75 Å². The Kier molecular flexibility index (Phi) is 12.2. The molecule has 3 N–H and O–H groups in total. The van der Waals surface area contributed by atoms with Gasteiger partial charge in [0.25, 0.3) is 0 Å². The van der Waals surface area contributed by atoms with Crippen LogP contribution in [-0.4, -0.2) is 27.7 Å². The smallest absolute Gasteiger partial charge is 0.394 e. The van der Waals surface area contributed by atoms with E-state index in [1.54, 1.807) is 24.4 Å². The minimum absolute atomic E-state index is 0.0510. The molecule has 1 aromatic carbocycles. The maximum atomic E-state index is 12.9. The van der Waals surface area contributed by atoms with Crippen LogP contribution >= 0.6 is 0 Å². The molecule has 0 saturated heterocycles. The Balaban J connectivity index is 0.000000658. The van der Waals surface area contributed by atoms with Crippen LogP contribution in [0.25, 0.3) is 0 Å². The first-order chi connectivity index (χ1) is 16.5. The second kappa shape index (κ2) is 14.3. The molecule has 0 amide bonds. The van der Waals surface area contributed by atoms with Crippen LogP contribution in [0, 0.1) is 17.2 Å². The summed E-state index contributed by atoms with van der Waals surface area (Å²) in [6, 6.07) is 7.75. The van der Waals surface area contributed by atoms with Crippen LogP contribution in [0.3, 0.4) is 0 Å². The van der Waals surface area contributed by atoms with Crippen molar-refractivity contribution in [2.24, 2.45) is 11.8 Å². The highest BCUT2D eigenvalue weighted by Crippen LogP contribution is 2.28. The largest absolute Gasteiger partial charge is 0.433 e. The molecule has 2 rings (SSSR count). The van der Waals surface area contributed by atoms with E-state index in [4.69, 9.17) is 5.41 Å². The maximum Gasteiger partial charge on any atom is 0.394 e. The number of halogens is 2. The Bertz CT molecular complexity index is 969. The number of aromatic nitrogens is 1. The van der Waals surface area contributed by atoms with Gasteiger partial charge < -0.3 is 20.6 Å². The van der Waals surface area contributed by atoms with Gasteiger partial charge in [-0.1, -0.05) is 34.3 Å². The van der Waals surface area contributed by atoms with Crippen LogP contribution in [0.4, 0.5) is 20.3 Å². The number of benzene rings is 1. The predicted octanol–water partition coefficient (Wildman–Crippen LogP) is 6.90. The van der Waals surface area contributed by atoms with Gasteiger partial charge >= 0.3 is 6.11 Å². The summed E-state index contributed by atoms with van der Waals surface area (Å²) in [5, 5.41) is 21.4. The number of ether oxygens (including phenoxy) is 1. The number of alkyl halides is 2. The van der Waals surface area contributed by atoms with E-state index in [9.17, 15) is 18.7 Å². The Morgan fingerprint density at radius 3 is 2.23 bits per heavy atom. The summed E-state index contributed by atoms with van der Waals surface area (Å²) in [5.41, 5.74) is 2.23. The van der Waals surface area contributed by atoms with E-state index in [1.165, 1.54) is 18.2 Å². The number of pyridine rings is 1. The molecule has 35 heavy (non-hydrogen) atoms. The van der Waals surface area contributed by atoms with Gasteiger partial charge in [-0.25, -0.2) is 4.98 Å². The van der Waals surface area contributed by atoms with Gasteiger partial charge in [-0.3, -0.25) is 4.79 Å². The third kappa shape index (κ3) is 9.56. The normalized spacial score (nSPS) is 11.8. The summed E-state index contributed by atoms with van der Waals surface area (Å²) in [7, 11) is 0. The molecule has 1 unspecified atom stereocenters. The lowest BCUT2D eigenvalue weighted by atomic mass is 9.90. The average Bonchev–Trinajstić information content (AvgIpc) is 2.84. The van der Waals surface area contributed by atoms with Crippen LogP contribution in [0.2, 0.25) is 0 Å². The highest BCUT2D eigenvalue weighted by molar-refractivity contribution is 6.05. The zero-order chi connectivity index (χ0) is 26.6. The molecule has 1 atom stereocenters. The molecule has 192 valence electrons. The average molecular weight is 490 g/mol. The lowest BCUT2D eigenvalue weighted by Gasteiger charge is -2.20. The number of carbonyl (C=O) groups excluding carboxylic acids is 1. The molecule has 0 aliphatic carbocycles. The van der Waals surface area contributed by atoms with Crippen LogP contribution in [0.1, 0.15) is 65.0 Å². The van der Waals surface area contributed by atoms with Gasteiger partial charge in [0.2, 0.25) is 0 Å². The summed E-state index contributed by atoms with van der Waals surface area (Å²) in [6.07, 6.45) is 2.23. The first kappa shape index (κ1) is 29.9. The molecule has 6 nitrogen and oxygen atoms in total. The highest BCUT2D eigenvalue weighted by atomic mass is 19.3. The number of hydrogen-bond donors (Lipinski definition) is 3. The number of ketones is 1. The van der Waals surface area contributed by atoms with Crippen molar-refractivity contribution in [2.75, 3.05) is 5.32 Å². The number of aliphatic hydroxyl groups excluding tert-OH is 1. The monoisotopic (exact) mass is 489 g/mol. The van der Waals surface area contributed by atoms with Crippen LogP contribution < -0.4 is 10.1 Å². The highest BCUT2D eigenvalue weighted by Gasteiger charge is 2.23. The Hall–Kier alpha value is -3.13. The van der Waals surface area contributed by atoms with Gasteiger partial charge in [0.15, 0.2) is 5.78 Å². The maximum absolute atomic E-state index is 12.9. The Morgan fingerprint density at radius 1 is 1.20 bits per heavy atom. The first-order valence-corrected chi connectivity index (χ1v) is 11.8. The van der Waals surface area contributed by atoms with Gasteiger partial charge in [-0.15, -0.1) is 0 Å². The summed E-state index contributed by atoms with van der Waals surface area (Å²) in [5.74, 6) is 0.866. The topological polar surface area (TPSA) is 95.3 Å². The molecular weight excluding hydrogens is 452 g/mol. The third-order valence-corrected chi connectivity index (χ3v) is 5.58. The number of nitrogens with zero attached hydrogens (tertiary/aromatic N) is 1. The van der Waals surface area contributed by atoms with Crippen molar-refractivity contribution in [3.05, 3.63) is 60.3 Å². The predicted molar refractivity (Wildman–Crippen MR) is 137 cm³/mol. The van der Waals surface area contributed by atoms with Crippen LogP contribution in [0.15, 0.2) is 49.2 Å². The molecule has 2 aromatic rings. The van der Waals surface area contributed by atoms with E-state index in [0.717, 1.165) is 19.3 Å². The Labute approximate surface area is 206 Å². The molecule has 8 heteroatoms. The number of rotatable bonds is 12. The number of hydrogen-bond acceptors (Lipinski definition) is 6. The van der Waals surface area contributed by atoms with E-state index in [2.05, 4.69) is 21.6 Å². The molecule has 0 fully saturated rings. The quantitative estimate of drug-likeness (QED) is 0.223. The van der Waals surface area contributed by atoms with E-state index in [0.29, 0.717) is 35.3 Å². The number of nitrogens with one attached hydrogen (secondary N) is 2. The molecule has 0 radical (unpaired) electrons. The molecule has 0 bridgehead atoms. The van der Waals surface area contributed by atoms with E-state index in [1.807, 2.05) is 27.7 Å². The van der Waals surface area contributed by atoms with Crippen molar-refractivity contribution < 1.29 is 23.4 Å². The molecular formula is C27H37F2N3O3. The van der Waals surface area contributed by atoms with Crippen molar-refractivity contribution in [2.45, 2.75) is 66.6 Å². The molecule has 0 aliphatic rings. The van der Waals surface area contributed by atoms with Crippen molar-refractivity contribution in [1.29, 1.82) is 5.41 Å². The van der Waals surface area contributed by atoms with Gasteiger partial charge in [-0.05, 0) is 61.2 Å². The fraction of sp³-hybridized carbons (Fsp3) is 0.444. The van der Waals surface area contributed by atoms with Crippen LogP contribution in [-0.2, 0) is 11.4 Å². The zero-order valence-electron chi connectivity index (χ0n) is 21.2. The summed E-state index contributed by atoms with van der Waals surface area (Å²) < 4.78 is 30.4. The minimum atomic E-state index is -3.25. The molecule has 1 aromatic heterocycles. The van der Waals surface area contributed by atoms with E-state index >= 15 is 0 Å². The number of allylic oxidation sites excluding steroid dienone is 1. The molecule has 0 spiro atoms. The summed E-state index contributed by atoms with van der Waals surface area (Å²) in [6.45, 7) is 11.8. The standard InChI is InChI=1S/C20H25F2N3O2.C7H12O/c1-4-13(5-2)18(23)17-14(12-26)10-11-24-19(17)25-15-6-8-16(9-7-15)27-20(3,21)22;1-4-6(3)7(8)5-2/h6-11,13,23,26H,4-5,12H2,1-3H3,(H,24,25);5-6H,2,4H2,1,3H3. The lowest BCUT2D eigenvalue weighted by molar-refractivity contribution is -0.158. The molecule has 0 aliphatic heterocycles. The zero-order valence-corrected chi connectivity index (χ0v) is 21.2. The number of anilines is 2. The van der Waals surface area contributed by atoms with Gasteiger partial charge in [0, 0.05) is 41.9 Å². The number of aliphatic hydroxyl groups is 1. The van der Waals surface area contributed by atoms with Crippen LogP contribution in [0.5, 0.6) is 5.75 Å². The fourth-order valence-electron chi connectivity index (χ4n) is 3.28. The van der Waals surface area contributed by atoms with Crippen molar-refractivity contribution >= 4 is 23.0 Å². The number of carbonyl (C=O) groups is 1. The van der Waals surface area contributed by atoms with Gasteiger partial charge in [0.05, 0.1) is 6.61 Å². The molecule has 0 saturated carbocycles. The van der Waals surface area contributed by atoms with E-state index in [-0.39, 0.29) is 30.0 Å². The van der Waals surface area contributed by atoms with Gasteiger partial charge in [-0.2, -0.15) is 8.78 Å². The lowest BCUT2D eigenvalue weighted by Crippen LogP contribution is -2.19. The van der Waals surface area contributed by atoms with Gasteiger partial charge in [0.1, 0.15) is 11.6 Å². The van der Waals surface area contributed by atoms with Crippen molar-refractivity contribution in [3.63, 3.8) is 0 Å². The second-order valence-corrected chi connectivity index (χ2v) is 8.25. The summed E-state index contributed by atoms with van der Waals surface area (Å²) >= 11 is 0. The Morgan fingerprint density at radius 2 is 1.80 bits per heavy atom. The minimum Gasteiger partial charge on any atom is -0.433 e. The van der Waals surface area contributed by atoms with Crippen molar-refractivity contribution in [1.82, 2.24) is 4.98 Å². The second-order valence-electron chi connectivity index (χ2n) is 8.25. The van der Waals surface area contributed by atoms with E-state index < -0.39 is 6.11 Å². The SMILES string of the molecule is C=CC(=O)C(C)CC.CCC(CC)C(=N)c1c(CO)ccnc1Nc1ccc(OC(C)(F)F)cc1. The first-order valence-electron chi connectivity index (χ1n) is 11.8. The fourth-order valence-corrected chi connectivity index (χ4v) is 3.28. The molecule has 1 heterocycles.